The van der Waals surface area contributed by atoms with Crippen LogP contribution < -0.4 is 19.7 Å². The standard InChI is InChI=1S/C22H28N2O3S/c1-16-6-9-18(10-7-16)24(22(28)23-14-19-5-4-12-27-19)15-17-8-11-20(25-2)21(13-17)26-3/h6-11,13,19H,4-5,12,14-15H2,1-3H3,(H,23,28)/t19-/m1/s1. The van der Waals surface area contributed by atoms with Gasteiger partial charge in [-0.05, 0) is 61.8 Å². The number of aryl methyl sites for hydroxylation is 1. The Morgan fingerprint density at radius 1 is 1.14 bits per heavy atom. The zero-order chi connectivity index (χ0) is 19.9. The molecule has 150 valence electrons. The SMILES string of the molecule is COc1ccc(CN(C(=S)NC[C@H]2CCCO2)c2ccc(C)cc2)cc1OC. The van der Waals surface area contributed by atoms with Crippen molar-refractivity contribution < 1.29 is 14.2 Å². The maximum absolute atomic E-state index is 5.74. The van der Waals surface area contributed by atoms with Crippen LogP contribution >= 0.6 is 12.2 Å². The first-order valence-corrected chi connectivity index (χ1v) is 9.96. The molecule has 28 heavy (non-hydrogen) atoms. The van der Waals surface area contributed by atoms with Gasteiger partial charge in [-0.25, -0.2) is 0 Å². The molecule has 1 N–H and O–H groups in total. The van der Waals surface area contributed by atoms with Crippen LogP contribution in [-0.4, -0.2) is 38.6 Å². The van der Waals surface area contributed by atoms with Gasteiger partial charge in [-0.3, -0.25) is 0 Å². The fraction of sp³-hybridized carbons (Fsp3) is 0.409. The third-order valence-electron chi connectivity index (χ3n) is 4.88. The zero-order valence-electron chi connectivity index (χ0n) is 16.7. The topological polar surface area (TPSA) is 43.0 Å². The lowest BCUT2D eigenvalue weighted by molar-refractivity contribution is 0.114. The van der Waals surface area contributed by atoms with Gasteiger partial charge in [0.25, 0.3) is 0 Å². The van der Waals surface area contributed by atoms with Gasteiger partial charge in [-0.15, -0.1) is 0 Å². The molecular weight excluding hydrogens is 372 g/mol. The molecule has 1 aliphatic rings. The number of thiocarbonyl (C=S) groups is 1. The molecule has 1 atom stereocenters. The predicted molar refractivity (Wildman–Crippen MR) is 116 cm³/mol. The van der Waals surface area contributed by atoms with Gasteiger partial charge in [0.2, 0.25) is 0 Å². The first-order valence-electron chi connectivity index (χ1n) is 9.55. The molecular formula is C22H28N2O3S. The lowest BCUT2D eigenvalue weighted by Gasteiger charge is -2.27. The van der Waals surface area contributed by atoms with Gasteiger partial charge in [0.05, 0.1) is 26.9 Å². The van der Waals surface area contributed by atoms with Crippen LogP contribution in [0, 0.1) is 6.92 Å². The van der Waals surface area contributed by atoms with Crippen LogP contribution in [0.2, 0.25) is 0 Å². The number of nitrogens with one attached hydrogen (secondary N) is 1. The summed E-state index contributed by atoms with van der Waals surface area (Å²) in [6.07, 6.45) is 2.43. The van der Waals surface area contributed by atoms with E-state index < -0.39 is 0 Å². The van der Waals surface area contributed by atoms with Gasteiger partial charge in [-0.1, -0.05) is 23.8 Å². The zero-order valence-corrected chi connectivity index (χ0v) is 17.6. The predicted octanol–water partition coefficient (Wildman–Crippen LogP) is 4.07. The van der Waals surface area contributed by atoms with Crippen molar-refractivity contribution in [2.45, 2.75) is 32.4 Å². The Labute approximate surface area is 172 Å². The molecule has 2 aromatic rings. The molecule has 0 unspecified atom stereocenters. The summed E-state index contributed by atoms with van der Waals surface area (Å²) in [5.74, 6) is 1.43. The van der Waals surface area contributed by atoms with E-state index in [9.17, 15) is 0 Å². The Morgan fingerprint density at radius 2 is 1.89 bits per heavy atom. The highest BCUT2D eigenvalue weighted by atomic mass is 32.1. The molecule has 1 heterocycles. The third kappa shape index (κ3) is 5.14. The summed E-state index contributed by atoms with van der Waals surface area (Å²) in [6, 6.07) is 14.3. The van der Waals surface area contributed by atoms with E-state index >= 15 is 0 Å². The Bertz CT molecular complexity index is 789. The summed E-state index contributed by atoms with van der Waals surface area (Å²) >= 11 is 5.74. The number of ether oxygens (including phenoxy) is 3. The fourth-order valence-electron chi connectivity index (χ4n) is 3.27. The van der Waals surface area contributed by atoms with Crippen molar-refractivity contribution in [3.05, 3.63) is 53.6 Å². The number of nitrogens with zero attached hydrogens (tertiary/aromatic N) is 1. The summed E-state index contributed by atoms with van der Waals surface area (Å²) in [4.78, 5) is 2.10. The first-order chi connectivity index (χ1) is 13.6. The molecule has 0 amide bonds. The maximum atomic E-state index is 5.74. The maximum Gasteiger partial charge on any atom is 0.173 e. The van der Waals surface area contributed by atoms with E-state index in [0.29, 0.717) is 23.2 Å². The average Bonchev–Trinajstić information content (AvgIpc) is 3.24. The molecule has 2 aromatic carbocycles. The first kappa shape index (κ1) is 20.4. The molecule has 0 saturated carbocycles. The highest BCUT2D eigenvalue weighted by Crippen LogP contribution is 2.29. The van der Waals surface area contributed by atoms with Crippen LogP contribution in [-0.2, 0) is 11.3 Å². The normalized spacial score (nSPS) is 15.9. The van der Waals surface area contributed by atoms with Crippen molar-refractivity contribution in [3.63, 3.8) is 0 Å². The minimum atomic E-state index is 0.235. The lowest BCUT2D eigenvalue weighted by atomic mass is 10.1. The van der Waals surface area contributed by atoms with E-state index in [2.05, 4.69) is 41.4 Å². The minimum Gasteiger partial charge on any atom is -0.493 e. The molecule has 0 bridgehead atoms. The van der Waals surface area contributed by atoms with Gasteiger partial charge < -0.3 is 24.4 Å². The highest BCUT2D eigenvalue weighted by Gasteiger charge is 2.19. The van der Waals surface area contributed by atoms with Gasteiger partial charge >= 0.3 is 0 Å². The van der Waals surface area contributed by atoms with Crippen molar-refractivity contribution in [2.24, 2.45) is 0 Å². The monoisotopic (exact) mass is 400 g/mol. The molecule has 1 saturated heterocycles. The second-order valence-corrected chi connectivity index (χ2v) is 7.32. The van der Waals surface area contributed by atoms with Gasteiger partial charge in [-0.2, -0.15) is 0 Å². The van der Waals surface area contributed by atoms with Crippen molar-refractivity contribution >= 4 is 23.0 Å². The number of hydrogen-bond acceptors (Lipinski definition) is 4. The molecule has 0 radical (unpaired) electrons. The van der Waals surface area contributed by atoms with Crippen LogP contribution in [0.3, 0.4) is 0 Å². The minimum absolute atomic E-state index is 0.235. The Kier molecular flexibility index (Phi) is 7.12. The van der Waals surface area contributed by atoms with Gasteiger partial charge in [0, 0.05) is 18.8 Å². The summed E-state index contributed by atoms with van der Waals surface area (Å²) in [7, 11) is 3.29. The van der Waals surface area contributed by atoms with Crippen molar-refractivity contribution in [3.8, 4) is 11.5 Å². The number of hydrogen-bond donors (Lipinski definition) is 1. The van der Waals surface area contributed by atoms with Crippen molar-refractivity contribution in [1.82, 2.24) is 5.32 Å². The Morgan fingerprint density at radius 3 is 2.54 bits per heavy atom. The highest BCUT2D eigenvalue weighted by molar-refractivity contribution is 7.80. The fourth-order valence-corrected chi connectivity index (χ4v) is 3.52. The van der Waals surface area contributed by atoms with E-state index in [-0.39, 0.29) is 6.10 Å². The third-order valence-corrected chi connectivity index (χ3v) is 5.25. The second-order valence-electron chi connectivity index (χ2n) is 6.93. The molecule has 6 heteroatoms. The van der Waals surface area contributed by atoms with Crippen LogP contribution in [0.15, 0.2) is 42.5 Å². The quantitative estimate of drug-likeness (QED) is 0.707. The van der Waals surface area contributed by atoms with Crippen LogP contribution in [0.1, 0.15) is 24.0 Å². The smallest absolute Gasteiger partial charge is 0.173 e. The molecule has 1 fully saturated rings. The van der Waals surface area contributed by atoms with Crippen molar-refractivity contribution in [1.29, 1.82) is 0 Å². The molecule has 5 nitrogen and oxygen atoms in total. The summed E-state index contributed by atoms with van der Waals surface area (Å²) in [6.45, 7) is 4.27. The summed E-state index contributed by atoms with van der Waals surface area (Å²) in [5.41, 5.74) is 3.35. The van der Waals surface area contributed by atoms with E-state index in [1.807, 2.05) is 18.2 Å². The summed E-state index contributed by atoms with van der Waals surface area (Å²) < 4.78 is 16.5. The van der Waals surface area contributed by atoms with Crippen LogP contribution in [0.25, 0.3) is 0 Å². The number of rotatable bonds is 7. The van der Waals surface area contributed by atoms with E-state index in [0.717, 1.165) is 37.2 Å². The van der Waals surface area contributed by atoms with E-state index in [1.54, 1.807) is 14.2 Å². The summed E-state index contributed by atoms with van der Waals surface area (Å²) in [5, 5.41) is 4.07. The van der Waals surface area contributed by atoms with Crippen molar-refractivity contribution in [2.75, 3.05) is 32.3 Å². The largest absolute Gasteiger partial charge is 0.493 e. The average molecular weight is 401 g/mol. The molecule has 1 aliphatic heterocycles. The van der Waals surface area contributed by atoms with Gasteiger partial charge in [0.15, 0.2) is 16.6 Å². The Balaban J connectivity index is 1.79. The number of anilines is 1. The van der Waals surface area contributed by atoms with Crippen LogP contribution in [0.5, 0.6) is 11.5 Å². The van der Waals surface area contributed by atoms with E-state index in [1.165, 1.54) is 5.56 Å². The number of methoxy groups -OCH3 is 2. The Hall–Kier alpha value is -2.31. The second kappa shape index (κ2) is 9.75. The molecule has 0 aromatic heterocycles. The van der Waals surface area contributed by atoms with Crippen LogP contribution in [0.4, 0.5) is 5.69 Å². The molecule has 0 aliphatic carbocycles. The lowest BCUT2D eigenvalue weighted by Crippen LogP contribution is -2.42. The van der Waals surface area contributed by atoms with Gasteiger partial charge in [0.1, 0.15) is 0 Å². The molecule has 3 rings (SSSR count). The molecule has 0 spiro atoms. The number of benzene rings is 2. The van der Waals surface area contributed by atoms with E-state index in [4.69, 9.17) is 26.4 Å².